The van der Waals surface area contributed by atoms with E-state index >= 15 is 0 Å². The third-order valence-electron chi connectivity index (χ3n) is 4.89. The Morgan fingerprint density at radius 2 is 1.97 bits per heavy atom. The number of urea groups is 1. The number of thiazole rings is 1. The number of halogens is 3. The molecule has 2 heterocycles. The quantitative estimate of drug-likeness (QED) is 0.398. The summed E-state index contributed by atoms with van der Waals surface area (Å²) in [4.78, 5) is 37.6. The van der Waals surface area contributed by atoms with Gasteiger partial charge in [0.1, 0.15) is 0 Å². The van der Waals surface area contributed by atoms with Crippen LogP contribution < -0.4 is 14.9 Å². The van der Waals surface area contributed by atoms with E-state index in [-0.39, 0.29) is 17.4 Å². The first kappa shape index (κ1) is 23.2. The molecule has 8 nitrogen and oxygen atoms in total. The van der Waals surface area contributed by atoms with Crippen molar-refractivity contribution in [2.24, 2.45) is 0 Å². The highest BCUT2D eigenvalue weighted by molar-refractivity contribution is 7.07. The molecule has 34 heavy (non-hydrogen) atoms. The second kappa shape index (κ2) is 9.51. The fourth-order valence-electron chi connectivity index (χ4n) is 3.24. The number of nitrogens with zero attached hydrogens (tertiary/aromatic N) is 3. The number of carbonyl (C=O) groups is 2. The molecule has 4 aromatic rings. The molecule has 2 aromatic heterocycles. The molecule has 0 aliphatic heterocycles. The second-order valence-electron chi connectivity index (χ2n) is 7.18. The lowest BCUT2D eigenvalue weighted by atomic mass is 10.2. The lowest BCUT2D eigenvalue weighted by Crippen LogP contribution is -2.51. The number of amides is 2. The molecular weight excluding hydrogens is 471 g/mol. The van der Waals surface area contributed by atoms with Gasteiger partial charge in [-0.15, -0.1) is 11.3 Å². The van der Waals surface area contributed by atoms with Crippen LogP contribution in [-0.4, -0.2) is 39.6 Å². The number of nitrogens with one attached hydrogen (secondary N) is 2. The van der Waals surface area contributed by atoms with Gasteiger partial charge in [0.25, 0.3) is 0 Å². The Labute approximate surface area is 195 Å². The summed E-state index contributed by atoms with van der Waals surface area (Å²) in [6.45, 7) is 2.65. The Morgan fingerprint density at radius 1 is 1.21 bits per heavy atom. The van der Waals surface area contributed by atoms with E-state index in [2.05, 4.69) is 20.1 Å². The van der Waals surface area contributed by atoms with E-state index in [0.717, 1.165) is 10.3 Å². The van der Waals surface area contributed by atoms with Crippen molar-refractivity contribution in [1.29, 1.82) is 0 Å². The lowest BCUT2D eigenvalue weighted by molar-refractivity contribution is -0.841. The summed E-state index contributed by atoms with van der Waals surface area (Å²) < 4.78 is 39.4. The van der Waals surface area contributed by atoms with Gasteiger partial charge < -0.3 is 10.2 Å². The van der Waals surface area contributed by atoms with Crippen molar-refractivity contribution in [3.63, 3.8) is 0 Å². The summed E-state index contributed by atoms with van der Waals surface area (Å²) in [6.07, 6.45) is -5.19. The van der Waals surface area contributed by atoms with E-state index in [4.69, 9.17) is 0 Å². The summed E-state index contributed by atoms with van der Waals surface area (Å²) in [7, 11) is 0. The zero-order chi connectivity index (χ0) is 24.3. The van der Waals surface area contributed by atoms with Gasteiger partial charge in [0, 0.05) is 30.2 Å². The number of alkyl halides is 3. The Morgan fingerprint density at radius 3 is 2.62 bits per heavy atom. The van der Waals surface area contributed by atoms with Crippen LogP contribution in [0.4, 0.5) is 23.7 Å². The summed E-state index contributed by atoms with van der Waals surface area (Å²) in [6, 6.07) is 13.6. The molecule has 2 aromatic carbocycles. The monoisotopic (exact) mass is 490 g/mol. The van der Waals surface area contributed by atoms with Crippen LogP contribution in [-0.2, 0) is 11.3 Å². The summed E-state index contributed by atoms with van der Waals surface area (Å²) in [5, 5.41) is 4.33. The SMILES string of the molecule is CCN(Cc1ccccc1)C(=O)Nc1ccc2[nH]c(-c3cscn3)[n+](OC(=O)C(F)(F)F)c2c1. The Bertz CT molecular complexity index is 1310. The number of H-pyrrole nitrogens is 1. The average Bonchev–Trinajstić information content (AvgIpc) is 3.46. The number of hydrogen-bond acceptors (Lipinski definition) is 5. The number of imidazole rings is 1. The predicted octanol–water partition coefficient (Wildman–Crippen LogP) is 4.15. The Kier molecular flexibility index (Phi) is 6.50. The maximum Gasteiger partial charge on any atom is 0.495 e. The number of anilines is 1. The minimum atomic E-state index is -5.19. The van der Waals surface area contributed by atoms with Gasteiger partial charge in [-0.1, -0.05) is 30.3 Å². The van der Waals surface area contributed by atoms with Crippen LogP contribution in [0.15, 0.2) is 59.4 Å². The third-order valence-corrected chi connectivity index (χ3v) is 5.48. The highest BCUT2D eigenvalue weighted by Gasteiger charge is 2.44. The van der Waals surface area contributed by atoms with Gasteiger partial charge >= 0.3 is 24.0 Å². The molecule has 2 amide bonds. The Balaban J connectivity index is 1.65. The molecule has 0 atom stereocenters. The van der Waals surface area contributed by atoms with Gasteiger partial charge in [-0.25, -0.2) is 24.4 Å². The highest BCUT2D eigenvalue weighted by atomic mass is 32.1. The number of fused-ring (bicyclic) bond motifs is 1. The van der Waals surface area contributed by atoms with Crippen LogP contribution in [0.5, 0.6) is 0 Å². The van der Waals surface area contributed by atoms with Gasteiger partial charge in [-0.3, -0.25) is 0 Å². The fraction of sp³-hybridized carbons (Fsp3) is 0.182. The molecule has 2 N–H and O–H groups in total. The first-order valence-electron chi connectivity index (χ1n) is 10.1. The van der Waals surface area contributed by atoms with Gasteiger partial charge in [0.2, 0.25) is 5.52 Å². The van der Waals surface area contributed by atoms with Crippen molar-refractivity contribution in [2.45, 2.75) is 19.6 Å². The van der Waals surface area contributed by atoms with Crippen molar-refractivity contribution < 1.29 is 32.3 Å². The third kappa shape index (κ3) is 5.01. The van der Waals surface area contributed by atoms with Crippen molar-refractivity contribution >= 4 is 40.1 Å². The van der Waals surface area contributed by atoms with Crippen LogP contribution in [0.3, 0.4) is 0 Å². The summed E-state index contributed by atoms with van der Waals surface area (Å²) in [5.41, 5.74) is 3.54. The zero-order valence-electron chi connectivity index (χ0n) is 17.8. The standard InChI is InChI=1S/C22H18F3N5O3S/c1-2-29(11-14-6-4-3-5-7-14)21(32)27-15-8-9-16-18(10-15)30(33-20(31)22(23,24)25)19(28-16)17-12-34-13-26-17/h3-10,12-13H,2,11H2,1H3,(H,27,32)/p+1. The highest BCUT2D eigenvalue weighted by Crippen LogP contribution is 2.23. The number of aromatic nitrogens is 3. The molecule has 12 heteroatoms. The van der Waals surface area contributed by atoms with Crippen molar-refractivity contribution in [2.75, 3.05) is 11.9 Å². The smallest absolute Gasteiger partial charge is 0.320 e. The minimum absolute atomic E-state index is 0.0524. The maximum atomic E-state index is 12.9. The van der Waals surface area contributed by atoms with E-state index in [0.29, 0.717) is 30.0 Å². The van der Waals surface area contributed by atoms with Gasteiger partial charge in [-0.2, -0.15) is 13.2 Å². The number of benzene rings is 2. The van der Waals surface area contributed by atoms with Crippen LogP contribution in [0.25, 0.3) is 22.6 Å². The average molecular weight is 490 g/mol. The molecule has 0 spiro atoms. The molecule has 0 saturated carbocycles. The molecule has 0 fully saturated rings. The molecule has 176 valence electrons. The molecular formula is C22H19F3N5O3S+. The van der Waals surface area contributed by atoms with Gasteiger partial charge in [-0.05, 0) is 29.4 Å². The fourth-order valence-corrected chi connectivity index (χ4v) is 3.78. The number of rotatable bonds is 6. The molecule has 0 bridgehead atoms. The van der Waals surface area contributed by atoms with Gasteiger partial charge in [0.05, 0.1) is 5.51 Å². The second-order valence-corrected chi connectivity index (χ2v) is 7.90. The number of hydrogen-bond donors (Lipinski definition) is 2. The van der Waals surface area contributed by atoms with E-state index in [1.165, 1.54) is 22.9 Å². The normalized spacial score (nSPS) is 11.4. The molecule has 0 aliphatic carbocycles. The van der Waals surface area contributed by atoms with Crippen molar-refractivity contribution in [3.8, 4) is 11.5 Å². The van der Waals surface area contributed by atoms with E-state index in [1.54, 1.807) is 22.4 Å². The van der Waals surface area contributed by atoms with Crippen LogP contribution in [0.1, 0.15) is 12.5 Å². The first-order chi connectivity index (χ1) is 16.3. The van der Waals surface area contributed by atoms with Crippen LogP contribution >= 0.6 is 11.3 Å². The van der Waals surface area contributed by atoms with Gasteiger partial charge in [0.15, 0.2) is 11.2 Å². The zero-order valence-corrected chi connectivity index (χ0v) is 18.6. The van der Waals surface area contributed by atoms with Crippen LogP contribution in [0.2, 0.25) is 0 Å². The summed E-state index contributed by atoms with van der Waals surface area (Å²) in [5.74, 6) is -2.33. The molecule has 0 unspecified atom stereocenters. The van der Waals surface area contributed by atoms with Crippen molar-refractivity contribution in [1.82, 2.24) is 14.9 Å². The molecule has 0 aliphatic rings. The van der Waals surface area contributed by atoms with E-state index in [1.807, 2.05) is 37.3 Å². The summed E-state index contributed by atoms with van der Waals surface area (Å²) >= 11 is 1.23. The van der Waals surface area contributed by atoms with Crippen LogP contribution in [0, 0.1) is 0 Å². The van der Waals surface area contributed by atoms with E-state index in [9.17, 15) is 22.8 Å². The van der Waals surface area contributed by atoms with E-state index < -0.39 is 12.1 Å². The minimum Gasteiger partial charge on any atom is -0.320 e. The van der Waals surface area contributed by atoms with Crippen molar-refractivity contribution in [3.05, 3.63) is 65.0 Å². The topological polar surface area (TPSA) is 91.2 Å². The first-order valence-corrected chi connectivity index (χ1v) is 11.1. The lowest BCUT2D eigenvalue weighted by Gasteiger charge is -2.21. The molecule has 0 saturated heterocycles. The maximum absolute atomic E-state index is 12.9. The Hall–Kier alpha value is -3.93. The number of carbonyl (C=O) groups excluding carboxylic acids is 2. The molecule has 0 radical (unpaired) electrons. The predicted molar refractivity (Wildman–Crippen MR) is 119 cm³/mol. The molecule has 4 rings (SSSR count). The number of aromatic amines is 1. The largest absolute Gasteiger partial charge is 0.495 e.